The van der Waals surface area contributed by atoms with E-state index < -0.39 is 0 Å². The van der Waals surface area contributed by atoms with Crippen LogP contribution in [0.3, 0.4) is 0 Å². The van der Waals surface area contributed by atoms with Crippen LogP contribution in [0.5, 0.6) is 0 Å². The van der Waals surface area contributed by atoms with Gasteiger partial charge in [0.1, 0.15) is 5.65 Å². The summed E-state index contributed by atoms with van der Waals surface area (Å²) in [6.07, 6.45) is 6.51. The van der Waals surface area contributed by atoms with E-state index in [1.54, 1.807) is 7.05 Å². The van der Waals surface area contributed by atoms with Crippen molar-refractivity contribution < 1.29 is 9.63 Å². The number of imidazole rings is 1. The second-order valence-corrected chi connectivity index (χ2v) is 4.56. The van der Waals surface area contributed by atoms with E-state index in [-0.39, 0.29) is 12.4 Å². The predicted molar refractivity (Wildman–Crippen MR) is 66.0 cm³/mol. The quantitative estimate of drug-likeness (QED) is 0.828. The van der Waals surface area contributed by atoms with E-state index >= 15 is 0 Å². The fraction of sp³-hybridized carbons (Fsp3) is 0.385. The Morgan fingerprint density at radius 3 is 3.17 bits per heavy atom. The molecule has 0 unspecified atom stereocenters. The number of hydrogen-bond acceptors (Lipinski definition) is 4. The predicted octanol–water partition coefficient (Wildman–Crippen LogP) is 1.43. The molecular weight excluding hydrogens is 230 g/mol. The van der Waals surface area contributed by atoms with E-state index in [0.717, 1.165) is 11.3 Å². The van der Waals surface area contributed by atoms with Crippen molar-refractivity contribution in [2.24, 2.45) is 0 Å². The zero-order valence-electron chi connectivity index (χ0n) is 10.2. The number of carbonyl (C=O) groups excluding carboxylic acids is 1. The summed E-state index contributed by atoms with van der Waals surface area (Å²) in [5.41, 5.74) is 5.36. The molecule has 0 aromatic carbocycles. The van der Waals surface area contributed by atoms with Crippen molar-refractivity contribution >= 4 is 11.6 Å². The molecule has 0 spiro atoms. The first kappa shape index (κ1) is 11.2. The fourth-order valence-corrected chi connectivity index (χ4v) is 2.18. The zero-order chi connectivity index (χ0) is 12.5. The summed E-state index contributed by atoms with van der Waals surface area (Å²) in [6, 6.07) is 4.15. The highest BCUT2D eigenvalue weighted by atomic mass is 16.7. The number of pyridine rings is 1. The van der Waals surface area contributed by atoms with Gasteiger partial charge in [-0.2, -0.15) is 5.48 Å². The van der Waals surface area contributed by atoms with Crippen molar-refractivity contribution in [1.82, 2.24) is 14.9 Å². The molecule has 0 bridgehead atoms. The largest absolute Gasteiger partial charge is 0.371 e. The van der Waals surface area contributed by atoms with Gasteiger partial charge in [0.15, 0.2) is 0 Å². The minimum atomic E-state index is -0.325. The molecule has 1 N–H and O–H groups in total. The Kier molecular flexibility index (Phi) is 2.76. The van der Waals surface area contributed by atoms with Gasteiger partial charge in [-0.1, -0.05) is 6.07 Å². The Bertz CT molecular complexity index is 587. The van der Waals surface area contributed by atoms with Crippen molar-refractivity contribution in [1.29, 1.82) is 0 Å². The van der Waals surface area contributed by atoms with Gasteiger partial charge in [-0.15, -0.1) is 0 Å². The molecule has 0 radical (unpaired) electrons. The lowest BCUT2D eigenvalue weighted by atomic mass is 10.2. The van der Waals surface area contributed by atoms with Gasteiger partial charge in [-0.3, -0.25) is 0 Å². The van der Waals surface area contributed by atoms with Gasteiger partial charge in [0.25, 0.3) is 0 Å². The van der Waals surface area contributed by atoms with E-state index in [1.807, 2.05) is 22.9 Å². The molecule has 2 heterocycles. The molecule has 5 heteroatoms. The van der Waals surface area contributed by atoms with Gasteiger partial charge in [-0.25, -0.2) is 9.78 Å². The topological polar surface area (TPSA) is 55.6 Å². The molecule has 5 nitrogen and oxygen atoms in total. The summed E-state index contributed by atoms with van der Waals surface area (Å²) in [5.74, 6) is 0.321. The normalized spacial score (nSPS) is 14.9. The highest BCUT2D eigenvalue weighted by Gasteiger charge is 2.26. The summed E-state index contributed by atoms with van der Waals surface area (Å²) in [4.78, 5) is 20.6. The Balaban J connectivity index is 1.90. The highest BCUT2D eigenvalue weighted by molar-refractivity contribution is 5.72. The van der Waals surface area contributed by atoms with Crippen LogP contribution in [0.25, 0.3) is 5.65 Å². The lowest BCUT2D eigenvalue weighted by Crippen LogP contribution is -2.16. The van der Waals surface area contributed by atoms with E-state index in [2.05, 4.69) is 16.5 Å². The first-order valence-corrected chi connectivity index (χ1v) is 6.11. The molecule has 1 saturated carbocycles. The van der Waals surface area contributed by atoms with E-state index in [9.17, 15) is 4.79 Å². The number of rotatable bonds is 4. The summed E-state index contributed by atoms with van der Waals surface area (Å²) in [6.45, 7) is 0. The monoisotopic (exact) mass is 245 g/mol. The van der Waals surface area contributed by atoms with E-state index in [1.165, 1.54) is 18.4 Å². The van der Waals surface area contributed by atoms with Gasteiger partial charge in [0.2, 0.25) is 0 Å². The SMILES string of the molecule is CNOC(=O)Cc1cn2cccc(C3CC3)c2n1. The summed E-state index contributed by atoms with van der Waals surface area (Å²) in [5, 5.41) is 0. The number of hydrogen-bond donors (Lipinski definition) is 1. The second-order valence-electron chi connectivity index (χ2n) is 4.56. The van der Waals surface area contributed by atoms with Crippen LogP contribution >= 0.6 is 0 Å². The van der Waals surface area contributed by atoms with Gasteiger partial charge in [-0.05, 0) is 30.4 Å². The molecule has 1 aliphatic rings. The van der Waals surface area contributed by atoms with Crippen LogP contribution in [0.4, 0.5) is 0 Å². The van der Waals surface area contributed by atoms with Crippen molar-refractivity contribution in [2.75, 3.05) is 7.05 Å². The molecule has 2 aromatic rings. The first-order valence-electron chi connectivity index (χ1n) is 6.11. The van der Waals surface area contributed by atoms with Crippen LogP contribution in [-0.2, 0) is 16.1 Å². The maximum atomic E-state index is 11.4. The number of nitrogens with zero attached hydrogens (tertiary/aromatic N) is 2. The molecule has 3 rings (SSSR count). The smallest absolute Gasteiger partial charge is 0.330 e. The minimum absolute atomic E-state index is 0.187. The second kappa shape index (κ2) is 4.42. The number of hydroxylamine groups is 1. The highest BCUT2D eigenvalue weighted by Crippen LogP contribution is 2.41. The molecule has 0 saturated heterocycles. The minimum Gasteiger partial charge on any atom is -0.371 e. The number of fused-ring (bicyclic) bond motifs is 1. The molecule has 1 fully saturated rings. The van der Waals surface area contributed by atoms with Gasteiger partial charge in [0, 0.05) is 19.4 Å². The van der Waals surface area contributed by atoms with Crippen LogP contribution in [0.2, 0.25) is 0 Å². The molecule has 1 aliphatic carbocycles. The third-order valence-corrected chi connectivity index (χ3v) is 3.12. The maximum Gasteiger partial charge on any atom is 0.330 e. The molecule has 0 amide bonds. The fourth-order valence-electron chi connectivity index (χ4n) is 2.18. The number of nitrogens with one attached hydrogen (secondary N) is 1. The Morgan fingerprint density at radius 1 is 1.61 bits per heavy atom. The Labute approximate surface area is 105 Å². The van der Waals surface area contributed by atoms with Crippen LogP contribution < -0.4 is 5.48 Å². The zero-order valence-corrected chi connectivity index (χ0v) is 10.2. The van der Waals surface area contributed by atoms with E-state index in [0.29, 0.717) is 5.92 Å². The first-order chi connectivity index (χ1) is 8.78. The van der Waals surface area contributed by atoms with Gasteiger partial charge in [0.05, 0.1) is 12.1 Å². The van der Waals surface area contributed by atoms with Crippen LogP contribution in [-0.4, -0.2) is 22.4 Å². The molecule has 0 atom stereocenters. The van der Waals surface area contributed by atoms with Crippen LogP contribution in [0, 0.1) is 0 Å². The summed E-state index contributed by atoms with van der Waals surface area (Å²) < 4.78 is 1.98. The van der Waals surface area contributed by atoms with Crippen LogP contribution in [0.15, 0.2) is 24.5 Å². The average Bonchev–Trinajstić information content (AvgIpc) is 3.09. The lowest BCUT2D eigenvalue weighted by Gasteiger charge is -1.99. The van der Waals surface area contributed by atoms with Crippen molar-refractivity contribution in [3.05, 3.63) is 35.8 Å². The Morgan fingerprint density at radius 2 is 2.44 bits per heavy atom. The maximum absolute atomic E-state index is 11.4. The third kappa shape index (κ3) is 2.09. The molecule has 94 valence electrons. The standard InChI is InChI=1S/C13H15N3O2/c1-14-18-12(17)7-10-8-16-6-2-3-11(9-4-5-9)13(16)15-10/h2-3,6,8-9,14H,4-5,7H2,1H3. The van der Waals surface area contributed by atoms with Crippen LogP contribution in [0.1, 0.15) is 30.0 Å². The van der Waals surface area contributed by atoms with Gasteiger partial charge >= 0.3 is 5.97 Å². The van der Waals surface area contributed by atoms with Crippen molar-refractivity contribution in [2.45, 2.75) is 25.2 Å². The molecule has 2 aromatic heterocycles. The van der Waals surface area contributed by atoms with Crippen molar-refractivity contribution in [3.8, 4) is 0 Å². The third-order valence-electron chi connectivity index (χ3n) is 3.12. The number of aromatic nitrogens is 2. The average molecular weight is 245 g/mol. The summed E-state index contributed by atoms with van der Waals surface area (Å²) in [7, 11) is 1.56. The van der Waals surface area contributed by atoms with Gasteiger partial charge < -0.3 is 9.24 Å². The number of carbonyl (C=O) groups is 1. The van der Waals surface area contributed by atoms with Crippen molar-refractivity contribution in [3.63, 3.8) is 0 Å². The molecule has 18 heavy (non-hydrogen) atoms. The molecular formula is C13H15N3O2. The Hall–Kier alpha value is -1.88. The lowest BCUT2D eigenvalue weighted by molar-refractivity contribution is -0.149. The van der Waals surface area contributed by atoms with E-state index in [4.69, 9.17) is 4.84 Å². The summed E-state index contributed by atoms with van der Waals surface area (Å²) >= 11 is 0. The molecule has 0 aliphatic heterocycles.